The summed E-state index contributed by atoms with van der Waals surface area (Å²) in [6.07, 6.45) is 1.64. The fourth-order valence-electron chi connectivity index (χ4n) is 1.53. The minimum absolute atomic E-state index is 0.238. The summed E-state index contributed by atoms with van der Waals surface area (Å²) in [4.78, 5) is 15.6. The number of fused-ring (bicyclic) bond motifs is 1. The molecule has 2 rings (SSSR count). The number of hydrazine groups is 1. The molecular weight excluding hydrogens is 192 g/mol. The van der Waals surface area contributed by atoms with Gasteiger partial charge in [-0.2, -0.15) is 0 Å². The molecule has 3 N–H and O–H groups in total. The van der Waals surface area contributed by atoms with Crippen LogP contribution < -0.4 is 11.3 Å². The Morgan fingerprint density at radius 3 is 3.00 bits per heavy atom. The Morgan fingerprint density at radius 1 is 1.53 bits per heavy atom. The van der Waals surface area contributed by atoms with Crippen LogP contribution in [0.5, 0.6) is 0 Å². The lowest BCUT2D eigenvalue weighted by Gasteiger charge is -2.11. The van der Waals surface area contributed by atoms with E-state index in [9.17, 15) is 4.79 Å². The Labute approximate surface area is 86.9 Å². The second-order valence-electron chi connectivity index (χ2n) is 3.33. The standard InChI is InChI=1S/C10H12N4O/c1-7(10(15)13-11)14-6-12-8-4-2-3-5-9(8)14/h2-7H,11H2,1H3,(H,13,15)/t7-/m0/s1. The van der Waals surface area contributed by atoms with E-state index in [-0.39, 0.29) is 11.9 Å². The van der Waals surface area contributed by atoms with Gasteiger partial charge in [0.1, 0.15) is 6.04 Å². The van der Waals surface area contributed by atoms with Gasteiger partial charge in [0, 0.05) is 0 Å². The van der Waals surface area contributed by atoms with E-state index < -0.39 is 0 Å². The second-order valence-corrected chi connectivity index (χ2v) is 3.33. The largest absolute Gasteiger partial charge is 0.318 e. The summed E-state index contributed by atoms with van der Waals surface area (Å²) in [7, 11) is 0. The van der Waals surface area contributed by atoms with Crippen molar-refractivity contribution in [1.29, 1.82) is 0 Å². The van der Waals surface area contributed by atoms with Crippen molar-refractivity contribution < 1.29 is 4.79 Å². The topological polar surface area (TPSA) is 72.9 Å². The first-order chi connectivity index (χ1) is 7.24. The number of carbonyl (C=O) groups is 1. The molecule has 2 aromatic rings. The van der Waals surface area contributed by atoms with Gasteiger partial charge in [-0.25, -0.2) is 10.8 Å². The highest BCUT2D eigenvalue weighted by Crippen LogP contribution is 2.16. The van der Waals surface area contributed by atoms with E-state index in [0.29, 0.717) is 0 Å². The zero-order valence-corrected chi connectivity index (χ0v) is 8.34. The third-order valence-corrected chi connectivity index (χ3v) is 2.42. The van der Waals surface area contributed by atoms with Gasteiger partial charge in [-0.1, -0.05) is 12.1 Å². The molecule has 5 nitrogen and oxygen atoms in total. The van der Waals surface area contributed by atoms with Crippen LogP contribution >= 0.6 is 0 Å². The fourth-order valence-corrected chi connectivity index (χ4v) is 1.53. The number of imidazole rings is 1. The minimum Gasteiger partial charge on any atom is -0.318 e. The SMILES string of the molecule is C[C@@H](C(=O)NN)n1cnc2ccccc21. The number of carbonyl (C=O) groups excluding carboxylic acids is 1. The van der Waals surface area contributed by atoms with Gasteiger partial charge in [0.2, 0.25) is 0 Å². The summed E-state index contributed by atoms with van der Waals surface area (Å²) in [5.41, 5.74) is 3.92. The van der Waals surface area contributed by atoms with Crippen molar-refractivity contribution in [2.24, 2.45) is 5.84 Å². The molecule has 15 heavy (non-hydrogen) atoms. The summed E-state index contributed by atoms with van der Waals surface area (Å²) < 4.78 is 1.79. The van der Waals surface area contributed by atoms with Crippen LogP contribution in [0, 0.1) is 0 Å². The Morgan fingerprint density at radius 2 is 2.27 bits per heavy atom. The highest BCUT2D eigenvalue weighted by molar-refractivity contribution is 5.83. The van der Waals surface area contributed by atoms with E-state index in [4.69, 9.17) is 5.84 Å². The van der Waals surface area contributed by atoms with Gasteiger partial charge in [-0.05, 0) is 19.1 Å². The molecule has 0 bridgehead atoms. The van der Waals surface area contributed by atoms with Gasteiger partial charge in [-0.3, -0.25) is 10.2 Å². The average Bonchev–Trinajstić information content (AvgIpc) is 2.70. The first-order valence-electron chi connectivity index (χ1n) is 4.66. The lowest BCUT2D eigenvalue weighted by molar-refractivity contribution is -0.123. The van der Waals surface area contributed by atoms with E-state index >= 15 is 0 Å². The number of amides is 1. The molecule has 0 saturated carbocycles. The molecule has 0 fully saturated rings. The number of para-hydroxylation sites is 2. The van der Waals surface area contributed by atoms with Crippen molar-refractivity contribution >= 4 is 16.9 Å². The van der Waals surface area contributed by atoms with E-state index in [1.807, 2.05) is 24.3 Å². The molecule has 78 valence electrons. The van der Waals surface area contributed by atoms with Crippen LogP contribution in [0.3, 0.4) is 0 Å². The Kier molecular flexibility index (Phi) is 2.39. The molecular formula is C10H12N4O. The van der Waals surface area contributed by atoms with Crippen LogP contribution in [0.4, 0.5) is 0 Å². The predicted molar refractivity (Wildman–Crippen MR) is 56.8 cm³/mol. The molecule has 0 saturated heterocycles. The number of nitrogens with one attached hydrogen (secondary N) is 1. The molecule has 0 aliphatic carbocycles. The predicted octanol–water partition coefficient (Wildman–Crippen LogP) is 0.587. The Bertz CT molecular complexity index is 491. The van der Waals surface area contributed by atoms with Crippen LogP contribution in [0.2, 0.25) is 0 Å². The zero-order chi connectivity index (χ0) is 10.8. The summed E-state index contributed by atoms with van der Waals surface area (Å²) in [5.74, 6) is 4.85. The first kappa shape index (κ1) is 9.67. The highest BCUT2D eigenvalue weighted by Gasteiger charge is 2.15. The number of nitrogens with two attached hydrogens (primary N) is 1. The molecule has 1 amide bonds. The maximum absolute atomic E-state index is 11.4. The van der Waals surface area contributed by atoms with Crippen molar-refractivity contribution in [3.8, 4) is 0 Å². The van der Waals surface area contributed by atoms with Crippen molar-refractivity contribution in [2.45, 2.75) is 13.0 Å². The normalized spacial score (nSPS) is 12.7. The Hall–Kier alpha value is -1.88. The quantitative estimate of drug-likeness (QED) is 0.427. The van der Waals surface area contributed by atoms with Crippen molar-refractivity contribution in [3.63, 3.8) is 0 Å². The monoisotopic (exact) mass is 204 g/mol. The van der Waals surface area contributed by atoms with Gasteiger partial charge in [0.05, 0.1) is 17.4 Å². The molecule has 5 heteroatoms. The van der Waals surface area contributed by atoms with E-state index in [2.05, 4.69) is 10.4 Å². The number of aromatic nitrogens is 2. The molecule has 1 aromatic carbocycles. The minimum atomic E-state index is -0.359. The van der Waals surface area contributed by atoms with Crippen molar-refractivity contribution in [1.82, 2.24) is 15.0 Å². The summed E-state index contributed by atoms with van der Waals surface area (Å²) >= 11 is 0. The van der Waals surface area contributed by atoms with Crippen LogP contribution in [0.25, 0.3) is 11.0 Å². The summed E-state index contributed by atoms with van der Waals surface area (Å²) in [6.45, 7) is 1.77. The lowest BCUT2D eigenvalue weighted by atomic mass is 10.2. The van der Waals surface area contributed by atoms with Gasteiger partial charge >= 0.3 is 0 Å². The smallest absolute Gasteiger partial charge is 0.256 e. The second kappa shape index (κ2) is 3.70. The van der Waals surface area contributed by atoms with Crippen LogP contribution in [0.15, 0.2) is 30.6 Å². The molecule has 1 heterocycles. The molecule has 0 aliphatic heterocycles. The maximum atomic E-state index is 11.4. The van der Waals surface area contributed by atoms with Crippen molar-refractivity contribution in [2.75, 3.05) is 0 Å². The third-order valence-electron chi connectivity index (χ3n) is 2.42. The molecule has 0 spiro atoms. The van der Waals surface area contributed by atoms with E-state index in [1.54, 1.807) is 17.8 Å². The molecule has 1 aromatic heterocycles. The number of hydrogen-bond donors (Lipinski definition) is 2. The van der Waals surface area contributed by atoms with Gasteiger partial charge in [0.15, 0.2) is 0 Å². The van der Waals surface area contributed by atoms with Gasteiger partial charge < -0.3 is 4.57 Å². The Balaban J connectivity index is 2.48. The highest BCUT2D eigenvalue weighted by atomic mass is 16.2. The van der Waals surface area contributed by atoms with Crippen LogP contribution in [-0.4, -0.2) is 15.5 Å². The van der Waals surface area contributed by atoms with Crippen LogP contribution in [0.1, 0.15) is 13.0 Å². The summed E-state index contributed by atoms with van der Waals surface area (Å²) in [5, 5.41) is 0. The molecule has 0 radical (unpaired) electrons. The van der Waals surface area contributed by atoms with Gasteiger partial charge in [-0.15, -0.1) is 0 Å². The number of nitrogens with zero attached hydrogens (tertiary/aromatic N) is 2. The number of hydrogen-bond acceptors (Lipinski definition) is 3. The lowest BCUT2D eigenvalue weighted by Crippen LogP contribution is -2.35. The number of benzene rings is 1. The van der Waals surface area contributed by atoms with E-state index in [0.717, 1.165) is 11.0 Å². The van der Waals surface area contributed by atoms with Crippen LogP contribution in [-0.2, 0) is 4.79 Å². The fraction of sp³-hybridized carbons (Fsp3) is 0.200. The summed E-state index contributed by atoms with van der Waals surface area (Å²) in [6, 6.07) is 7.28. The first-order valence-corrected chi connectivity index (χ1v) is 4.66. The van der Waals surface area contributed by atoms with Gasteiger partial charge in [0.25, 0.3) is 5.91 Å². The number of rotatable bonds is 2. The van der Waals surface area contributed by atoms with Crippen molar-refractivity contribution in [3.05, 3.63) is 30.6 Å². The average molecular weight is 204 g/mol. The third kappa shape index (κ3) is 1.57. The maximum Gasteiger partial charge on any atom is 0.256 e. The van der Waals surface area contributed by atoms with E-state index in [1.165, 1.54) is 0 Å². The zero-order valence-electron chi connectivity index (χ0n) is 8.34. The molecule has 1 atom stereocenters. The molecule has 0 unspecified atom stereocenters. The molecule has 0 aliphatic rings.